The summed E-state index contributed by atoms with van der Waals surface area (Å²) in [6, 6.07) is 16.1. The van der Waals surface area contributed by atoms with Crippen molar-refractivity contribution in [1.82, 2.24) is 15.1 Å². The molecule has 1 heterocycles. The highest BCUT2D eigenvalue weighted by Crippen LogP contribution is 2.20. The maximum absolute atomic E-state index is 13.0. The molecule has 3 rings (SSSR count). The predicted molar refractivity (Wildman–Crippen MR) is 121 cm³/mol. The number of carbonyl (C=O) groups excluding carboxylic acids is 3. The van der Waals surface area contributed by atoms with Crippen molar-refractivity contribution in [3.05, 3.63) is 60.2 Å². The van der Waals surface area contributed by atoms with E-state index >= 15 is 0 Å². The van der Waals surface area contributed by atoms with E-state index in [0.717, 1.165) is 5.56 Å². The number of nitrogens with two attached hydrogens (primary N) is 1. The first-order chi connectivity index (χ1) is 15.5. The monoisotopic (exact) mass is 439 g/mol. The van der Waals surface area contributed by atoms with Crippen molar-refractivity contribution in [3.63, 3.8) is 0 Å². The molecule has 0 spiro atoms. The Bertz CT molecular complexity index is 920. The van der Waals surface area contributed by atoms with Gasteiger partial charge in [-0.3, -0.25) is 14.5 Å². The lowest BCUT2D eigenvalue weighted by Gasteiger charge is -2.29. The molecule has 1 aliphatic rings. The first-order valence-corrected chi connectivity index (χ1v) is 10.6. The van der Waals surface area contributed by atoms with Crippen LogP contribution in [0.15, 0.2) is 54.6 Å². The maximum Gasteiger partial charge on any atom is 0.323 e. The molecular weight excluding hydrogens is 410 g/mol. The second-order valence-electron chi connectivity index (χ2n) is 7.38. The summed E-state index contributed by atoms with van der Waals surface area (Å²) in [7, 11) is 1.56. The van der Waals surface area contributed by atoms with Crippen LogP contribution in [0.5, 0.6) is 5.75 Å². The largest absolute Gasteiger partial charge is 0.497 e. The quantitative estimate of drug-likeness (QED) is 0.575. The van der Waals surface area contributed by atoms with Crippen molar-refractivity contribution in [2.45, 2.75) is 19.0 Å². The number of aryl methyl sites for hydroxylation is 1. The number of anilines is 1. The van der Waals surface area contributed by atoms with Crippen LogP contribution in [0.1, 0.15) is 12.0 Å². The molecular formula is C23H29N5O4. The predicted octanol–water partition coefficient (Wildman–Crippen LogP) is 1.41. The van der Waals surface area contributed by atoms with E-state index in [1.54, 1.807) is 31.4 Å². The molecule has 170 valence electrons. The average molecular weight is 440 g/mol. The van der Waals surface area contributed by atoms with Gasteiger partial charge in [0, 0.05) is 38.3 Å². The number of hydrogen-bond donors (Lipinski definition) is 3. The van der Waals surface area contributed by atoms with Crippen LogP contribution in [0.4, 0.5) is 10.5 Å². The number of rotatable bonds is 8. The number of amides is 4. The van der Waals surface area contributed by atoms with Gasteiger partial charge in [-0.15, -0.1) is 0 Å². The molecule has 32 heavy (non-hydrogen) atoms. The summed E-state index contributed by atoms with van der Waals surface area (Å²) in [6.07, 6.45) is -0.215. The Morgan fingerprint density at radius 3 is 2.38 bits per heavy atom. The van der Waals surface area contributed by atoms with Crippen molar-refractivity contribution >= 4 is 23.5 Å². The zero-order chi connectivity index (χ0) is 22.9. The molecule has 9 heteroatoms. The highest BCUT2D eigenvalue weighted by atomic mass is 16.5. The van der Waals surface area contributed by atoms with E-state index in [2.05, 4.69) is 10.6 Å². The fourth-order valence-electron chi connectivity index (χ4n) is 3.58. The first-order valence-electron chi connectivity index (χ1n) is 10.6. The van der Waals surface area contributed by atoms with E-state index in [-0.39, 0.29) is 38.5 Å². The van der Waals surface area contributed by atoms with Crippen LogP contribution in [0.3, 0.4) is 0 Å². The minimum atomic E-state index is -1.02. The Morgan fingerprint density at radius 1 is 1.03 bits per heavy atom. The lowest BCUT2D eigenvalue weighted by atomic mass is 10.1. The Labute approximate surface area is 187 Å². The Morgan fingerprint density at radius 2 is 1.72 bits per heavy atom. The van der Waals surface area contributed by atoms with Crippen LogP contribution in [0, 0.1) is 0 Å². The number of nitrogens with zero attached hydrogens (tertiary/aromatic N) is 2. The van der Waals surface area contributed by atoms with Gasteiger partial charge >= 0.3 is 6.03 Å². The van der Waals surface area contributed by atoms with Gasteiger partial charge in [0.2, 0.25) is 5.91 Å². The summed E-state index contributed by atoms with van der Waals surface area (Å²) in [5.74, 6) is 0.0609. The molecule has 4 amide bonds. The number of urea groups is 1. The topological polar surface area (TPSA) is 117 Å². The summed E-state index contributed by atoms with van der Waals surface area (Å²) < 4.78 is 5.12. The summed E-state index contributed by atoms with van der Waals surface area (Å²) in [5.41, 5.74) is 7.10. The van der Waals surface area contributed by atoms with Crippen LogP contribution in [0.25, 0.3) is 0 Å². The zero-order valence-electron chi connectivity index (χ0n) is 18.1. The SMILES string of the molecule is COc1ccc(NC(=O)N2CCN(C(=O)CCc3ccccc3)C2C(=O)NCCN)cc1. The van der Waals surface area contributed by atoms with Crippen LogP contribution in [0.2, 0.25) is 0 Å². The molecule has 0 aromatic heterocycles. The van der Waals surface area contributed by atoms with Gasteiger partial charge in [0.15, 0.2) is 6.17 Å². The van der Waals surface area contributed by atoms with Crippen LogP contribution < -0.4 is 21.1 Å². The minimum absolute atomic E-state index is 0.179. The van der Waals surface area contributed by atoms with E-state index in [1.807, 2.05) is 30.3 Å². The number of methoxy groups -OCH3 is 1. The molecule has 1 aliphatic heterocycles. The summed E-state index contributed by atoms with van der Waals surface area (Å²) in [4.78, 5) is 41.6. The van der Waals surface area contributed by atoms with Crippen molar-refractivity contribution in [2.75, 3.05) is 38.6 Å². The van der Waals surface area contributed by atoms with Crippen molar-refractivity contribution in [2.24, 2.45) is 5.73 Å². The molecule has 0 bridgehead atoms. The van der Waals surface area contributed by atoms with Crippen molar-refractivity contribution < 1.29 is 19.1 Å². The fourth-order valence-corrected chi connectivity index (χ4v) is 3.58. The molecule has 1 saturated heterocycles. The third-order valence-corrected chi connectivity index (χ3v) is 5.24. The van der Waals surface area contributed by atoms with Crippen molar-refractivity contribution in [1.29, 1.82) is 0 Å². The van der Waals surface area contributed by atoms with E-state index < -0.39 is 18.1 Å². The van der Waals surface area contributed by atoms with Gasteiger partial charge in [0.25, 0.3) is 5.91 Å². The summed E-state index contributed by atoms with van der Waals surface area (Å²) in [6.45, 7) is 1.05. The van der Waals surface area contributed by atoms with E-state index in [4.69, 9.17) is 10.5 Å². The standard InChI is InChI=1S/C23H29N5O4/c1-32-19-10-8-18(9-11-19)26-23(31)28-16-15-27(22(28)21(30)25-14-13-24)20(29)12-7-17-5-3-2-4-6-17/h2-6,8-11,22H,7,12-16,24H2,1H3,(H,25,30)(H,26,31). The number of nitrogens with one attached hydrogen (secondary N) is 2. The molecule has 2 aromatic rings. The Hall–Kier alpha value is -3.59. The van der Waals surface area contributed by atoms with Crippen LogP contribution in [-0.2, 0) is 16.0 Å². The smallest absolute Gasteiger partial charge is 0.323 e. The van der Waals surface area contributed by atoms with Gasteiger partial charge in [0.1, 0.15) is 5.75 Å². The molecule has 9 nitrogen and oxygen atoms in total. The van der Waals surface area contributed by atoms with E-state index in [1.165, 1.54) is 9.80 Å². The summed E-state index contributed by atoms with van der Waals surface area (Å²) in [5, 5.41) is 5.48. The van der Waals surface area contributed by atoms with Gasteiger partial charge in [-0.05, 0) is 36.2 Å². The van der Waals surface area contributed by atoms with Crippen LogP contribution in [-0.4, -0.2) is 67.1 Å². The number of hydrogen-bond acceptors (Lipinski definition) is 5. The number of benzene rings is 2. The Balaban J connectivity index is 1.70. The normalized spacial score (nSPS) is 15.4. The number of ether oxygens (including phenoxy) is 1. The molecule has 0 saturated carbocycles. The molecule has 1 unspecified atom stereocenters. The Kier molecular flexibility index (Phi) is 8.04. The molecule has 1 atom stereocenters. The van der Waals surface area contributed by atoms with Gasteiger partial charge in [-0.1, -0.05) is 30.3 Å². The third-order valence-electron chi connectivity index (χ3n) is 5.24. The van der Waals surface area contributed by atoms with E-state index in [0.29, 0.717) is 17.9 Å². The lowest BCUT2D eigenvalue weighted by Crippen LogP contribution is -2.55. The second kappa shape index (κ2) is 11.1. The lowest BCUT2D eigenvalue weighted by molar-refractivity contribution is -0.141. The number of carbonyl (C=O) groups is 3. The second-order valence-corrected chi connectivity index (χ2v) is 7.38. The fraction of sp³-hybridized carbons (Fsp3) is 0.348. The molecule has 4 N–H and O–H groups in total. The summed E-state index contributed by atoms with van der Waals surface area (Å²) >= 11 is 0. The third kappa shape index (κ3) is 5.76. The average Bonchev–Trinajstić information content (AvgIpc) is 3.28. The van der Waals surface area contributed by atoms with Gasteiger partial charge in [-0.2, -0.15) is 0 Å². The maximum atomic E-state index is 13.0. The molecule has 0 radical (unpaired) electrons. The first kappa shape index (κ1) is 23.1. The van der Waals surface area contributed by atoms with Gasteiger partial charge in [0.05, 0.1) is 7.11 Å². The minimum Gasteiger partial charge on any atom is -0.497 e. The van der Waals surface area contributed by atoms with Crippen LogP contribution >= 0.6 is 0 Å². The van der Waals surface area contributed by atoms with Gasteiger partial charge in [-0.25, -0.2) is 4.79 Å². The van der Waals surface area contributed by atoms with Gasteiger partial charge < -0.3 is 26.0 Å². The highest BCUT2D eigenvalue weighted by molar-refractivity contribution is 5.96. The molecule has 2 aromatic carbocycles. The zero-order valence-corrected chi connectivity index (χ0v) is 18.1. The van der Waals surface area contributed by atoms with E-state index in [9.17, 15) is 14.4 Å². The van der Waals surface area contributed by atoms with Crippen molar-refractivity contribution in [3.8, 4) is 5.75 Å². The molecule has 1 fully saturated rings. The highest BCUT2D eigenvalue weighted by Gasteiger charge is 2.42. The molecule has 0 aliphatic carbocycles.